The molecule has 0 N–H and O–H groups in total. The van der Waals surface area contributed by atoms with E-state index >= 15 is 0 Å². The summed E-state index contributed by atoms with van der Waals surface area (Å²) in [6, 6.07) is 17.9. The maximum atomic E-state index is 5.93. The average molecular weight is 279 g/mol. The predicted octanol–water partition coefficient (Wildman–Crippen LogP) is 4.13. The van der Waals surface area contributed by atoms with E-state index in [9.17, 15) is 0 Å². The van der Waals surface area contributed by atoms with Crippen LogP contribution in [0.4, 0.5) is 0 Å². The largest absolute Gasteiger partial charge is 0.497 e. The molecular formula is C18H17NO2. The van der Waals surface area contributed by atoms with E-state index in [-0.39, 0.29) is 0 Å². The molecule has 0 aliphatic rings. The molecular weight excluding hydrogens is 262 g/mol. The lowest BCUT2D eigenvalue weighted by molar-refractivity contribution is 0.309. The van der Waals surface area contributed by atoms with Gasteiger partial charge in [0.15, 0.2) is 0 Å². The smallest absolute Gasteiger partial charge is 0.146 e. The zero-order valence-electron chi connectivity index (χ0n) is 12.2. The van der Waals surface area contributed by atoms with Gasteiger partial charge >= 0.3 is 0 Å². The van der Waals surface area contributed by atoms with Crippen molar-refractivity contribution < 1.29 is 9.47 Å². The van der Waals surface area contributed by atoms with Crippen LogP contribution in [-0.4, -0.2) is 12.1 Å². The Balaban J connectivity index is 1.82. The summed E-state index contributed by atoms with van der Waals surface area (Å²) in [5, 5.41) is 1.09. The fourth-order valence-corrected chi connectivity index (χ4v) is 2.22. The fraction of sp³-hybridized carbons (Fsp3) is 0.167. The van der Waals surface area contributed by atoms with E-state index in [1.807, 2.05) is 55.5 Å². The molecule has 1 heterocycles. The molecule has 0 bridgehead atoms. The lowest BCUT2D eigenvalue weighted by Gasteiger charge is -2.09. The van der Waals surface area contributed by atoms with E-state index in [1.165, 1.54) is 0 Å². The van der Waals surface area contributed by atoms with Gasteiger partial charge in [0, 0.05) is 11.1 Å². The molecule has 0 saturated heterocycles. The first-order valence-electron chi connectivity index (χ1n) is 6.88. The number of hydrogen-bond acceptors (Lipinski definition) is 3. The second-order valence-corrected chi connectivity index (χ2v) is 4.92. The van der Waals surface area contributed by atoms with Crippen LogP contribution in [0, 0.1) is 6.92 Å². The summed E-state index contributed by atoms with van der Waals surface area (Å²) >= 11 is 0. The minimum Gasteiger partial charge on any atom is -0.497 e. The monoisotopic (exact) mass is 279 g/mol. The lowest BCUT2D eigenvalue weighted by Crippen LogP contribution is -1.97. The van der Waals surface area contributed by atoms with Crippen LogP contribution in [0.1, 0.15) is 11.3 Å². The van der Waals surface area contributed by atoms with Crippen molar-refractivity contribution in [2.45, 2.75) is 13.5 Å². The standard InChI is InChI=1S/C18H17NO2/c1-13-6-9-15-4-3-5-17(18(15)19-13)21-12-14-7-10-16(20-2)11-8-14/h3-11H,12H2,1-2H3. The molecule has 21 heavy (non-hydrogen) atoms. The normalized spacial score (nSPS) is 10.6. The molecule has 0 atom stereocenters. The third kappa shape index (κ3) is 2.97. The topological polar surface area (TPSA) is 31.4 Å². The highest BCUT2D eigenvalue weighted by Crippen LogP contribution is 2.25. The number of benzene rings is 2. The maximum Gasteiger partial charge on any atom is 0.146 e. The second kappa shape index (κ2) is 5.83. The molecule has 1 aromatic heterocycles. The molecule has 3 rings (SSSR count). The number of aryl methyl sites for hydroxylation is 1. The minimum atomic E-state index is 0.513. The van der Waals surface area contributed by atoms with E-state index in [2.05, 4.69) is 11.1 Å². The Kier molecular flexibility index (Phi) is 3.73. The van der Waals surface area contributed by atoms with Crippen LogP contribution in [0.15, 0.2) is 54.6 Å². The summed E-state index contributed by atoms with van der Waals surface area (Å²) < 4.78 is 11.1. The van der Waals surface area contributed by atoms with Crippen molar-refractivity contribution in [1.29, 1.82) is 0 Å². The van der Waals surface area contributed by atoms with Crippen LogP contribution in [0.5, 0.6) is 11.5 Å². The summed E-state index contributed by atoms with van der Waals surface area (Å²) in [7, 11) is 1.66. The third-order valence-corrected chi connectivity index (χ3v) is 3.38. The maximum absolute atomic E-state index is 5.93. The van der Waals surface area contributed by atoms with Crippen molar-refractivity contribution in [3.63, 3.8) is 0 Å². The summed E-state index contributed by atoms with van der Waals surface area (Å²) in [4.78, 5) is 4.57. The molecule has 0 saturated carbocycles. The van der Waals surface area contributed by atoms with Crippen molar-refractivity contribution in [2.24, 2.45) is 0 Å². The zero-order chi connectivity index (χ0) is 14.7. The fourth-order valence-electron chi connectivity index (χ4n) is 2.22. The van der Waals surface area contributed by atoms with Gasteiger partial charge in [-0.25, -0.2) is 4.98 Å². The quantitative estimate of drug-likeness (QED) is 0.719. The first-order chi connectivity index (χ1) is 10.3. The number of fused-ring (bicyclic) bond motifs is 1. The van der Waals surface area contributed by atoms with Gasteiger partial charge in [-0.15, -0.1) is 0 Å². The van der Waals surface area contributed by atoms with Gasteiger partial charge in [0.25, 0.3) is 0 Å². The summed E-state index contributed by atoms with van der Waals surface area (Å²) in [5.41, 5.74) is 2.99. The third-order valence-electron chi connectivity index (χ3n) is 3.38. The Hall–Kier alpha value is -2.55. The van der Waals surface area contributed by atoms with Crippen molar-refractivity contribution in [3.8, 4) is 11.5 Å². The molecule has 0 aliphatic carbocycles. The van der Waals surface area contributed by atoms with E-state index < -0.39 is 0 Å². The van der Waals surface area contributed by atoms with Gasteiger partial charge in [0.2, 0.25) is 0 Å². The van der Waals surface area contributed by atoms with Gasteiger partial charge in [-0.2, -0.15) is 0 Å². The number of pyridine rings is 1. The van der Waals surface area contributed by atoms with Crippen molar-refractivity contribution in [1.82, 2.24) is 4.98 Å². The number of methoxy groups -OCH3 is 1. The van der Waals surface area contributed by atoms with Crippen LogP contribution in [0.2, 0.25) is 0 Å². The molecule has 0 fully saturated rings. The van der Waals surface area contributed by atoms with E-state index in [0.717, 1.165) is 33.7 Å². The van der Waals surface area contributed by atoms with Gasteiger partial charge < -0.3 is 9.47 Å². The molecule has 106 valence electrons. The van der Waals surface area contributed by atoms with Crippen LogP contribution in [0.25, 0.3) is 10.9 Å². The molecule has 0 spiro atoms. The Morgan fingerprint density at radius 3 is 2.52 bits per heavy atom. The van der Waals surface area contributed by atoms with Crippen molar-refractivity contribution >= 4 is 10.9 Å². The number of para-hydroxylation sites is 1. The van der Waals surface area contributed by atoms with Crippen LogP contribution in [-0.2, 0) is 6.61 Å². The summed E-state index contributed by atoms with van der Waals surface area (Å²) in [6.07, 6.45) is 0. The van der Waals surface area contributed by atoms with Crippen molar-refractivity contribution in [3.05, 3.63) is 65.9 Å². The highest BCUT2D eigenvalue weighted by molar-refractivity contribution is 5.84. The van der Waals surface area contributed by atoms with E-state index in [0.29, 0.717) is 6.61 Å². The van der Waals surface area contributed by atoms with Gasteiger partial charge in [0.1, 0.15) is 23.6 Å². The molecule has 0 aliphatic heterocycles. The van der Waals surface area contributed by atoms with Crippen LogP contribution in [0.3, 0.4) is 0 Å². The molecule has 2 aromatic carbocycles. The summed E-state index contributed by atoms with van der Waals surface area (Å²) in [5.74, 6) is 1.66. The number of nitrogens with zero attached hydrogens (tertiary/aromatic N) is 1. The first kappa shape index (κ1) is 13.4. The number of hydrogen-bond donors (Lipinski definition) is 0. The number of ether oxygens (including phenoxy) is 2. The highest BCUT2D eigenvalue weighted by Gasteiger charge is 2.04. The first-order valence-corrected chi connectivity index (χ1v) is 6.88. The molecule has 3 aromatic rings. The SMILES string of the molecule is COc1ccc(COc2cccc3ccc(C)nc23)cc1. The molecule has 0 amide bonds. The molecule has 3 nitrogen and oxygen atoms in total. The molecule has 0 radical (unpaired) electrons. The molecule has 0 unspecified atom stereocenters. The predicted molar refractivity (Wildman–Crippen MR) is 83.8 cm³/mol. The molecule has 3 heteroatoms. The average Bonchev–Trinajstić information content (AvgIpc) is 2.53. The zero-order valence-corrected chi connectivity index (χ0v) is 12.2. The summed E-state index contributed by atoms with van der Waals surface area (Å²) in [6.45, 7) is 2.50. The van der Waals surface area contributed by atoms with Gasteiger partial charge in [-0.1, -0.05) is 30.3 Å². The van der Waals surface area contributed by atoms with Gasteiger partial charge in [-0.05, 0) is 36.8 Å². The Bertz CT molecular complexity index is 751. The number of rotatable bonds is 4. The van der Waals surface area contributed by atoms with Gasteiger partial charge in [0.05, 0.1) is 7.11 Å². The Morgan fingerprint density at radius 1 is 0.952 bits per heavy atom. The minimum absolute atomic E-state index is 0.513. The van der Waals surface area contributed by atoms with Crippen LogP contribution < -0.4 is 9.47 Å². The van der Waals surface area contributed by atoms with Crippen LogP contribution >= 0.6 is 0 Å². The van der Waals surface area contributed by atoms with Gasteiger partial charge in [-0.3, -0.25) is 0 Å². The van der Waals surface area contributed by atoms with E-state index in [1.54, 1.807) is 7.11 Å². The highest BCUT2D eigenvalue weighted by atomic mass is 16.5. The van der Waals surface area contributed by atoms with Crippen molar-refractivity contribution in [2.75, 3.05) is 7.11 Å². The second-order valence-electron chi connectivity index (χ2n) is 4.92. The number of aromatic nitrogens is 1. The lowest BCUT2D eigenvalue weighted by atomic mass is 10.2. The Labute approximate surface area is 124 Å². The Morgan fingerprint density at radius 2 is 1.76 bits per heavy atom. The van der Waals surface area contributed by atoms with E-state index in [4.69, 9.17) is 9.47 Å².